The molecule has 0 spiro atoms. The van der Waals surface area contributed by atoms with Gasteiger partial charge in [0.1, 0.15) is 5.69 Å². The number of nitrogens with zero attached hydrogens (tertiary/aromatic N) is 3. The smallest absolute Gasteiger partial charge is 0.273 e. The third-order valence-electron chi connectivity index (χ3n) is 5.36. The minimum absolute atomic E-state index is 0.117. The van der Waals surface area contributed by atoms with E-state index in [2.05, 4.69) is 9.88 Å². The second kappa shape index (κ2) is 6.26. The summed E-state index contributed by atoms with van der Waals surface area (Å²) >= 11 is 1.49. The van der Waals surface area contributed by atoms with Gasteiger partial charge in [0, 0.05) is 51.3 Å². The highest BCUT2D eigenvalue weighted by molar-refractivity contribution is 7.07. The molecular formula is C16H23N3O2S. The summed E-state index contributed by atoms with van der Waals surface area (Å²) < 4.78 is 5.45. The molecule has 1 amide bonds. The van der Waals surface area contributed by atoms with Gasteiger partial charge in [0.25, 0.3) is 5.91 Å². The van der Waals surface area contributed by atoms with Crippen LogP contribution in [0.15, 0.2) is 10.9 Å². The van der Waals surface area contributed by atoms with E-state index in [1.54, 1.807) is 5.51 Å². The lowest BCUT2D eigenvalue weighted by molar-refractivity contribution is 0.0536. The fraction of sp³-hybridized carbons (Fsp3) is 0.750. The normalized spacial score (nSPS) is 29.9. The van der Waals surface area contributed by atoms with Gasteiger partial charge < -0.3 is 14.5 Å². The van der Waals surface area contributed by atoms with Gasteiger partial charge in [0.05, 0.1) is 5.51 Å². The molecule has 0 saturated carbocycles. The van der Waals surface area contributed by atoms with Gasteiger partial charge in [-0.05, 0) is 30.6 Å². The predicted molar refractivity (Wildman–Crippen MR) is 85.0 cm³/mol. The molecule has 0 bridgehead atoms. The summed E-state index contributed by atoms with van der Waals surface area (Å²) in [6, 6.07) is 0. The summed E-state index contributed by atoms with van der Waals surface area (Å²) in [5.74, 6) is 2.23. The van der Waals surface area contributed by atoms with Crippen LogP contribution in [0, 0.1) is 17.8 Å². The van der Waals surface area contributed by atoms with Gasteiger partial charge in [-0.3, -0.25) is 4.79 Å². The molecule has 4 heterocycles. The zero-order valence-corrected chi connectivity index (χ0v) is 13.6. The summed E-state index contributed by atoms with van der Waals surface area (Å²) in [6.07, 6.45) is 2.42. The third-order valence-corrected chi connectivity index (χ3v) is 5.94. The minimum atomic E-state index is 0.117. The molecule has 6 heteroatoms. The summed E-state index contributed by atoms with van der Waals surface area (Å²) in [7, 11) is 0. The zero-order valence-electron chi connectivity index (χ0n) is 12.8. The van der Waals surface area contributed by atoms with Gasteiger partial charge in [0.15, 0.2) is 0 Å². The maximum absolute atomic E-state index is 12.4. The summed E-state index contributed by atoms with van der Waals surface area (Å²) in [5.41, 5.74) is 2.35. The summed E-state index contributed by atoms with van der Waals surface area (Å²) in [4.78, 5) is 21.2. The maximum atomic E-state index is 12.4. The average Bonchev–Trinajstić information content (AvgIpc) is 3.23. The van der Waals surface area contributed by atoms with Crippen LogP contribution in [0.4, 0.5) is 0 Å². The molecule has 1 aromatic rings. The van der Waals surface area contributed by atoms with Crippen molar-refractivity contribution < 1.29 is 9.53 Å². The van der Waals surface area contributed by atoms with Gasteiger partial charge in [-0.2, -0.15) is 0 Å². The molecular weight excluding hydrogens is 298 g/mol. The third kappa shape index (κ3) is 2.92. The number of ether oxygens (including phenoxy) is 1. The molecule has 4 rings (SSSR count). The predicted octanol–water partition coefficient (Wildman–Crippen LogP) is 1.57. The Bertz CT molecular complexity index is 501. The molecule has 3 aliphatic heterocycles. The van der Waals surface area contributed by atoms with Gasteiger partial charge in [-0.25, -0.2) is 4.98 Å². The van der Waals surface area contributed by atoms with E-state index in [4.69, 9.17) is 4.74 Å². The molecule has 0 aliphatic carbocycles. The Kier molecular flexibility index (Phi) is 4.15. The average molecular weight is 321 g/mol. The molecule has 5 nitrogen and oxygen atoms in total. The number of thiazole rings is 1. The van der Waals surface area contributed by atoms with Crippen molar-refractivity contribution in [2.45, 2.75) is 12.8 Å². The maximum Gasteiger partial charge on any atom is 0.273 e. The Morgan fingerprint density at radius 3 is 2.59 bits per heavy atom. The molecule has 3 aliphatic rings. The number of amides is 1. The van der Waals surface area contributed by atoms with Crippen LogP contribution < -0.4 is 0 Å². The van der Waals surface area contributed by atoms with Crippen LogP contribution in [-0.4, -0.2) is 66.6 Å². The van der Waals surface area contributed by atoms with E-state index < -0.39 is 0 Å². The van der Waals surface area contributed by atoms with E-state index in [0.717, 1.165) is 45.3 Å². The van der Waals surface area contributed by atoms with Gasteiger partial charge >= 0.3 is 0 Å². The molecule has 2 atom stereocenters. The second-order valence-corrected chi connectivity index (χ2v) is 7.60. The van der Waals surface area contributed by atoms with Crippen molar-refractivity contribution in [3.8, 4) is 0 Å². The fourth-order valence-corrected chi connectivity index (χ4v) is 4.71. The molecule has 120 valence electrons. The lowest BCUT2D eigenvalue weighted by atomic mass is 10.00. The lowest BCUT2D eigenvalue weighted by Crippen LogP contribution is -2.36. The summed E-state index contributed by atoms with van der Waals surface area (Å²) in [6.45, 7) is 7.21. The zero-order chi connectivity index (χ0) is 14.9. The Labute approximate surface area is 135 Å². The highest BCUT2D eigenvalue weighted by Crippen LogP contribution is 2.33. The summed E-state index contributed by atoms with van der Waals surface area (Å²) in [5, 5.41) is 1.86. The van der Waals surface area contributed by atoms with Crippen LogP contribution >= 0.6 is 11.3 Å². The largest absolute Gasteiger partial charge is 0.381 e. The number of rotatable bonds is 3. The van der Waals surface area contributed by atoms with E-state index in [1.807, 2.05) is 10.3 Å². The van der Waals surface area contributed by atoms with E-state index in [0.29, 0.717) is 17.5 Å². The standard InChI is InChI=1S/C16H23N3O2S/c20-16(15-10-22-11-17-15)19-8-13-6-18(7-14(13)9-19)5-12-1-3-21-4-2-12/h10-14H,1-9H2/t13-,14-/m1/s1. The number of carbonyl (C=O) groups is 1. The molecule has 0 N–H and O–H groups in total. The monoisotopic (exact) mass is 321 g/mol. The SMILES string of the molecule is O=C(c1cscn1)N1C[C@H]2CN(CC3CCOCC3)C[C@@H]2C1. The van der Waals surface area contributed by atoms with Gasteiger partial charge in [-0.15, -0.1) is 11.3 Å². The van der Waals surface area contributed by atoms with Crippen molar-refractivity contribution in [1.29, 1.82) is 0 Å². The molecule has 0 radical (unpaired) electrons. The Morgan fingerprint density at radius 2 is 1.95 bits per heavy atom. The first kappa shape index (κ1) is 14.6. The van der Waals surface area contributed by atoms with Crippen molar-refractivity contribution in [3.63, 3.8) is 0 Å². The highest BCUT2D eigenvalue weighted by atomic mass is 32.1. The first-order valence-electron chi connectivity index (χ1n) is 8.27. The van der Waals surface area contributed by atoms with E-state index in [9.17, 15) is 4.79 Å². The topological polar surface area (TPSA) is 45.7 Å². The van der Waals surface area contributed by atoms with Crippen molar-refractivity contribution in [3.05, 3.63) is 16.6 Å². The van der Waals surface area contributed by atoms with Crippen LogP contribution in [0.5, 0.6) is 0 Å². The van der Waals surface area contributed by atoms with Crippen molar-refractivity contribution in [2.75, 3.05) is 45.9 Å². The highest BCUT2D eigenvalue weighted by Gasteiger charge is 2.42. The van der Waals surface area contributed by atoms with Crippen LogP contribution in [0.1, 0.15) is 23.3 Å². The van der Waals surface area contributed by atoms with Crippen LogP contribution in [0.2, 0.25) is 0 Å². The molecule has 3 saturated heterocycles. The number of hydrogen-bond acceptors (Lipinski definition) is 5. The van der Waals surface area contributed by atoms with Crippen LogP contribution in [-0.2, 0) is 4.74 Å². The number of aromatic nitrogens is 1. The van der Waals surface area contributed by atoms with Crippen LogP contribution in [0.25, 0.3) is 0 Å². The Balaban J connectivity index is 1.30. The van der Waals surface area contributed by atoms with Gasteiger partial charge in [-0.1, -0.05) is 0 Å². The quantitative estimate of drug-likeness (QED) is 0.848. The number of carbonyl (C=O) groups excluding carboxylic acids is 1. The van der Waals surface area contributed by atoms with Crippen LogP contribution in [0.3, 0.4) is 0 Å². The number of fused-ring (bicyclic) bond motifs is 1. The first-order chi connectivity index (χ1) is 10.8. The lowest BCUT2D eigenvalue weighted by Gasteiger charge is -2.28. The fourth-order valence-electron chi connectivity index (χ4n) is 4.18. The van der Waals surface area contributed by atoms with E-state index >= 15 is 0 Å². The Hall–Kier alpha value is -0.980. The van der Waals surface area contributed by atoms with E-state index in [-0.39, 0.29) is 5.91 Å². The van der Waals surface area contributed by atoms with Crippen molar-refractivity contribution >= 4 is 17.2 Å². The Morgan fingerprint density at radius 1 is 1.23 bits per heavy atom. The second-order valence-electron chi connectivity index (χ2n) is 6.88. The molecule has 3 fully saturated rings. The van der Waals surface area contributed by atoms with E-state index in [1.165, 1.54) is 30.7 Å². The number of hydrogen-bond donors (Lipinski definition) is 0. The first-order valence-corrected chi connectivity index (χ1v) is 9.21. The minimum Gasteiger partial charge on any atom is -0.381 e. The molecule has 1 aromatic heterocycles. The molecule has 22 heavy (non-hydrogen) atoms. The number of likely N-dealkylation sites (tertiary alicyclic amines) is 2. The van der Waals surface area contributed by atoms with Crippen molar-refractivity contribution in [1.82, 2.24) is 14.8 Å². The molecule has 0 aromatic carbocycles. The van der Waals surface area contributed by atoms with Gasteiger partial charge in [0.2, 0.25) is 0 Å². The van der Waals surface area contributed by atoms with Crippen molar-refractivity contribution in [2.24, 2.45) is 17.8 Å². The molecule has 0 unspecified atom stereocenters.